The molecule has 2 nitrogen and oxygen atoms in total. The normalized spacial score (nSPS) is 12.4. The highest BCUT2D eigenvalue weighted by Crippen LogP contribution is 2.21. The van der Waals surface area contributed by atoms with Crippen molar-refractivity contribution in [2.45, 2.75) is 34.2 Å². The largest absolute Gasteiger partial charge is 0.395 e. The number of aliphatic hydroxyl groups is 1. The monoisotopic (exact) mass is 241 g/mol. The predicted octanol–water partition coefficient (Wildman–Crippen LogP) is 2.90. The second-order valence-electron chi connectivity index (χ2n) is 5.52. The molecule has 0 amide bonds. The van der Waals surface area contributed by atoms with Crippen LogP contribution in [0, 0.1) is 12.3 Å². The van der Waals surface area contributed by atoms with Crippen molar-refractivity contribution in [2.75, 3.05) is 19.7 Å². The fraction of sp³-hybridized carbons (Fsp3) is 0.692. The molecule has 0 unspecified atom stereocenters. The molecule has 0 spiro atoms. The zero-order valence-electron chi connectivity index (χ0n) is 10.8. The standard InChI is InChI=1S/C13H23NOS/c1-11-5-8-16-12(11)9-14(6-7-15)10-13(2,3)4/h5,8,15H,6-7,9-10H2,1-4H3. The minimum atomic E-state index is 0.237. The van der Waals surface area contributed by atoms with Gasteiger partial charge in [0.15, 0.2) is 0 Å². The molecule has 1 heterocycles. The Balaban J connectivity index is 2.61. The van der Waals surface area contributed by atoms with Gasteiger partial charge < -0.3 is 5.11 Å². The molecule has 0 saturated carbocycles. The molecule has 3 heteroatoms. The van der Waals surface area contributed by atoms with E-state index in [4.69, 9.17) is 5.11 Å². The quantitative estimate of drug-likeness (QED) is 0.857. The SMILES string of the molecule is Cc1ccsc1CN(CCO)CC(C)(C)C. The van der Waals surface area contributed by atoms with Crippen LogP contribution in [0.3, 0.4) is 0 Å². The van der Waals surface area contributed by atoms with Crippen molar-refractivity contribution < 1.29 is 5.11 Å². The molecular weight excluding hydrogens is 218 g/mol. The van der Waals surface area contributed by atoms with Crippen molar-refractivity contribution in [1.29, 1.82) is 0 Å². The van der Waals surface area contributed by atoms with Crippen molar-refractivity contribution in [2.24, 2.45) is 5.41 Å². The lowest BCUT2D eigenvalue weighted by Gasteiger charge is -2.29. The van der Waals surface area contributed by atoms with Crippen LogP contribution >= 0.6 is 11.3 Å². The number of hydrogen-bond acceptors (Lipinski definition) is 3. The van der Waals surface area contributed by atoms with Crippen LogP contribution in [0.2, 0.25) is 0 Å². The molecule has 0 radical (unpaired) electrons. The maximum atomic E-state index is 9.09. The van der Waals surface area contributed by atoms with E-state index in [-0.39, 0.29) is 12.0 Å². The van der Waals surface area contributed by atoms with E-state index in [0.717, 1.165) is 19.6 Å². The number of aryl methyl sites for hydroxylation is 1. The Morgan fingerprint density at radius 2 is 2.06 bits per heavy atom. The Labute approximate surface area is 103 Å². The maximum Gasteiger partial charge on any atom is 0.0558 e. The van der Waals surface area contributed by atoms with E-state index in [1.54, 1.807) is 11.3 Å². The third kappa shape index (κ3) is 4.64. The van der Waals surface area contributed by atoms with E-state index in [2.05, 4.69) is 44.0 Å². The molecule has 0 bridgehead atoms. The molecule has 0 aromatic carbocycles. The first kappa shape index (κ1) is 13.7. The van der Waals surface area contributed by atoms with Gasteiger partial charge in [-0.1, -0.05) is 20.8 Å². The van der Waals surface area contributed by atoms with Crippen LogP contribution < -0.4 is 0 Å². The van der Waals surface area contributed by atoms with Crippen LogP contribution in [-0.4, -0.2) is 29.7 Å². The lowest BCUT2D eigenvalue weighted by molar-refractivity contribution is 0.147. The summed E-state index contributed by atoms with van der Waals surface area (Å²) in [5.74, 6) is 0. The number of aliphatic hydroxyl groups excluding tert-OH is 1. The average Bonchev–Trinajstić information content (AvgIpc) is 2.49. The van der Waals surface area contributed by atoms with Crippen molar-refractivity contribution in [3.05, 3.63) is 21.9 Å². The number of nitrogens with zero attached hydrogens (tertiary/aromatic N) is 1. The summed E-state index contributed by atoms with van der Waals surface area (Å²) < 4.78 is 0. The molecule has 0 atom stereocenters. The van der Waals surface area contributed by atoms with E-state index >= 15 is 0 Å². The Bertz CT molecular complexity index is 314. The van der Waals surface area contributed by atoms with Crippen molar-refractivity contribution >= 4 is 11.3 Å². The van der Waals surface area contributed by atoms with Gasteiger partial charge in [-0.25, -0.2) is 0 Å². The molecule has 0 aliphatic carbocycles. The zero-order valence-corrected chi connectivity index (χ0v) is 11.6. The van der Waals surface area contributed by atoms with Gasteiger partial charge in [0.1, 0.15) is 0 Å². The van der Waals surface area contributed by atoms with Crippen molar-refractivity contribution in [3.8, 4) is 0 Å². The van der Waals surface area contributed by atoms with Gasteiger partial charge in [0.05, 0.1) is 6.61 Å². The fourth-order valence-corrected chi connectivity index (χ4v) is 2.74. The Morgan fingerprint density at radius 3 is 2.50 bits per heavy atom. The number of rotatable bonds is 5. The third-order valence-corrected chi connectivity index (χ3v) is 3.46. The maximum absolute atomic E-state index is 9.09. The lowest BCUT2D eigenvalue weighted by Crippen LogP contribution is -2.34. The van der Waals surface area contributed by atoms with Gasteiger partial charge in [-0.3, -0.25) is 4.90 Å². The Hall–Kier alpha value is -0.380. The summed E-state index contributed by atoms with van der Waals surface area (Å²) in [5.41, 5.74) is 1.64. The molecule has 0 aliphatic rings. The van der Waals surface area contributed by atoms with Crippen molar-refractivity contribution in [3.63, 3.8) is 0 Å². The smallest absolute Gasteiger partial charge is 0.0558 e. The van der Waals surface area contributed by atoms with E-state index < -0.39 is 0 Å². The summed E-state index contributed by atoms with van der Waals surface area (Å²) in [7, 11) is 0. The minimum absolute atomic E-state index is 0.237. The number of thiophene rings is 1. The fourth-order valence-electron chi connectivity index (χ4n) is 1.80. The molecule has 1 rings (SSSR count). The minimum Gasteiger partial charge on any atom is -0.395 e. The van der Waals surface area contributed by atoms with Gasteiger partial charge in [0.2, 0.25) is 0 Å². The van der Waals surface area contributed by atoms with Gasteiger partial charge in [-0.15, -0.1) is 11.3 Å². The van der Waals surface area contributed by atoms with Crippen LogP contribution in [0.15, 0.2) is 11.4 Å². The molecule has 0 saturated heterocycles. The highest BCUT2D eigenvalue weighted by Gasteiger charge is 2.17. The summed E-state index contributed by atoms with van der Waals surface area (Å²) >= 11 is 1.81. The summed E-state index contributed by atoms with van der Waals surface area (Å²) in [6.07, 6.45) is 0. The van der Waals surface area contributed by atoms with Gasteiger partial charge in [0.25, 0.3) is 0 Å². The molecule has 92 valence electrons. The van der Waals surface area contributed by atoms with Gasteiger partial charge >= 0.3 is 0 Å². The second kappa shape index (κ2) is 5.80. The van der Waals surface area contributed by atoms with Crippen LogP contribution in [0.5, 0.6) is 0 Å². The molecule has 16 heavy (non-hydrogen) atoms. The Morgan fingerprint density at radius 1 is 1.38 bits per heavy atom. The van der Waals surface area contributed by atoms with Gasteiger partial charge in [-0.2, -0.15) is 0 Å². The first-order valence-electron chi connectivity index (χ1n) is 5.78. The van der Waals surface area contributed by atoms with Crippen LogP contribution in [-0.2, 0) is 6.54 Å². The Kier molecular flexibility index (Phi) is 4.96. The summed E-state index contributed by atoms with van der Waals surface area (Å²) in [4.78, 5) is 3.75. The average molecular weight is 241 g/mol. The van der Waals surface area contributed by atoms with Crippen LogP contribution in [0.4, 0.5) is 0 Å². The van der Waals surface area contributed by atoms with Gasteiger partial charge in [0, 0.05) is 24.5 Å². The van der Waals surface area contributed by atoms with Crippen LogP contribution in [0.1, 0.15) is 31.2 Å². The lowest BCUT2D eigenvalue weighted by atomic mass is 9.96. The van der Waals surface area contributed by atoms with Crippen LogP contribution in [0.25, 0.3) is 0 Å². The van der Waals surface area contributed by atoms with E-state index in [1.165, 1.54) is 10.4 Å². The molecular formula is C13H23NOS. The van der Waals surface area contributed by atoms with Gasteiger partial charge in [-0.05, 0) is 29.3 Å². The molecule has 1 aromatic rings. The molecule has 0 aliphatic heterocycles. The van der Waals surface area contributed by atoms with Crippen molar-refractivity contribution in [1.82, 2.24) is 4.90 Å². The molecule has 1 aromatic heterocycles. The van der Waals surface area contributed by atoms with E-state index in [0.29, 0.717) is 0 Å². The number of hydrogen-bond donors (Lipinski definition) is 1. The first-order valence-corrected chi connectivity index (χ1v) is 6.66. The summed E-state index contributed by atoms with van der Waals surface area (Å²) in [6, 6.07) is 2.16. The predicted molar refractivity (Wildman–Crippen MR) is 70.9 cm³/mol. The third-order valence-electron chi connectivity index (χ3n) is 2.45. The summed E-state index contributed by atoms with van der Waals surface area (Å²) in [6.45, 7) is 11.8. The highest BCUT2D eigenvalue weighted by atomic mass is 32.1. The summed E-state index contributed by atoms with van der Waals surface area (Å²) in [5, 5.41) is 11.2. The highest BCUT2D eigenvalue weighted by molar-refractivity contribution is 7.10. The molecule has 1 N–H and O–H groups in total. The van der Waals surface area contributed by atoms with E-state index in [1.807, 2.05) is 0 Å². The van der Waals surface area contributed by atoms with E-state index in [9.17, 15) is 0 Å². The first-order chi connectivity index (χ1) is 7.42. The second-order valence-corrected chi connectivity index (χ2v) is 6.52. The zero-order chi connectivity index (χ0) is 12.2. The topological polar surface area (TPSA) is 23.5 Å². The molecule has 0 fully saturated rings.